The Bertz CT molecular complexity index is 1320. The number of carbonyl (C=O) groups is 1. The monoisotopic (exact) mass is 486 g/mol. The first kappa shape index (κ1) is 27.3. The molecular weight excluding hydrogens is 451 g/mol. The molecule has 1 N–H and O–H groups in total. The van der Waals surface area contributed by atoms with Gasteiger partial charge in [0.1, 0.15) is 6.61 Å². The molecule has 0 atom stereocenters. The second-order valence-corrected chi connectivity index (χ2v) is 9.15. The molecule has 1 aliphatic rings. The molecule has 0 saturated carbocycles. The van der Waals surface area contributed by atoms with E-state index in [1.165, 1.54) is 5.56 Å². The van der Waals surface area contributed by atoms with Crippen molar-refractivity contribution < 1.29 is 19.4 Å². The normalized spacial score (nSPS) is 14.5. The molecular formula is C29H35BN2O4. The first-order chi connectivity index (χ1) is 17.1. The highest BCUT2D eigenvalue weighted by atomic mass is 16.5. The summed E-state index contributed by atoms with van der Waals surface area (Å²) in [4.78, 5) is 16.5. The highest BCUT2D eigenvalue weighted by Gasteiger charge is 2.28. The van der Waals surface area contributed by atoms with Gasteiger partial charge in [0.25, 0.3) is 0 Å². The number of aromatic nitrogens is 1. The second kappa shape index (κ2) is 11.6. The third kappa shape index (κ3) is 5.40. The van der Waals surface area contributed by atoms with Gasteiger partial charge < -0.3 is 19.1 Å². The first-order valence-corrected chi connectivity index (χ1v) is 12.1. The maximum atomic E-state index is 11.5. The van der Waals surface area contributed by atoms with E-state index in [1.807, 2.05) is 19.1 Å². The smallest absolute Gasteiger partial charge is 0.343 e. The lowest BCUT2D eigenvalue weighted by molar-refractivity contribution is 0.0697. The Kier molecular flexibility index (Phi) is 8.78. The standard InChI is InChI=1S/C29H35BN2O4/c1-18-20(3)27(31-22(18)5)26(24-10-12-25(13-11-24)29(33)34)28-21(4)19(2)23(6)32(28)30(7)14-9-15-36-17-16-35-8/h10-13H,15-17H2,1-8H3,(H,33,34)/b27-26-. The van der Waals surface area contributed by atoms with E-state index in [9.17, 15) is 9.90 Å². The Labute approximate surface area is 214 Å². The summed E-state index contributed by atoms with van der Waals surface area (Å²) >= 11 is 0. The van der Waals surface area contributed by atoms with Crippen LogP contribution in [0.5, 0.6) is 0 Å². The van der Waals surface area contributed by atoms with Crippen molar-refractivity contribution >= 4 is 24.1 Å². The van der Waals surface area contributed by atoms with Crippen LogP contribution in [0.1, 0.15) is 59.2 Å². The number of nitrogens with zero attached hydrogens (tertiary/aromatic N) is 2. The molecule has 2 heterocycles. The Morgan fingerprint density at radius 1 is 1.00 bits per heavy atom. The van der Waals surface area contributed by atoms with Gasteiger partial charge in [-0.2, -0.15) is 0 Å². The molecule has 3 rings (SSSR count). The van der Waals surface area contributed by atoms with Crippen LogP contribution < -0.4 is 0 Å². The lowest BCUT2D eigenvalue weighted by Gasteiger charge is -2.19. The van der Waals surface area contributed by atoms with Crippen molar-refractivity contribution in [3.05, 3.63) is 74.8 Å². The molecule has 1 aromatic carbocycles. The van der Waals surface area contributed by atoms with Crippen molar-refractivity contribution in [3.8, 4) is 11.7 Å². The van der Waals surface area contributed by atoms with Gasteiger partial charge in [-0.25, -0.2) is 4.79 Å². The summed E-state index contributed by atoms with van der Waals surface area (Å²) in [6.45, 7) is 16.0. The van der Waals surface area contributed by atoms with Gasteiger partial charge in [-0.3, -0.25) is 4.99 Å². The summed E-state index contributed by atoms with van der Waals surface area (Å²) in [6, 6.07) is 7.05. The second-order valence-electron chi connectivity index (χ2n) is 9.15. The van der Waals surface area contributed by atoms with Gasteiger partial charge in [0, 0.05) is 29.8 Å². The van der Waals surface area contributed by atoms with Gasteiger partial charge >= 0.3 is 12.8 Å². The van der Waals surface area contributed by atoms with Crippen LogP contribution in [0.2, 0.25) is 6.82 Å². The number of hydrogen-bond acceptors (Lipinski definition) is 4. The summed E-state index contributed by atoms with van der Waals surface area (Å²) in [5.74, 6) is 5.55. The van der Waals surface area contributed by atoms with E-state index in [0.717, 1.165) is 50.6 Å². The molecule has 0 bridgehead atoms. The molecule has 7 heteroatoms. The average molecular weight is 486 g/mol. The lowest BCUT2D eigenvalue weighted by Crippen LogP contribution is -2.23. The van der Waals surface area contributed by atoms with Gasteiger partial charge in [-0.15, -0.1) is 5.82 Å². The number of aromatic carboxylic acids is 1. The number of carboxylic acid groups (broad SMARTS) is 1. The minimum Gasteiger partial charge on any atom is -0.478 e. The largest absolute Gasteiger partial charge is 0.478 e. The molecule has 0 saturated heterocycles. The maximum absolute atomic E-state index is 11.5. The summed E-state index contributed by atoms with van der Waals surface area (Å²) < 4.78 is 12.8. The molecule has 36 heavy (non-hydrogen) atoms. The van der Waals surface area contributed by atoms with Crippen molar-refractivity contribution in [3.63, 3.8) is 0 Å². The fourth-order valence-electron chi connectivity index (χ4n) is 4.48. The lowest BCUT2D eigenvalue weighted by atomic mass is 9.65. The van der Waals surface area contributed by atoms with Crippen LogP contribution >= 0.6 is 0 Å². The fourth-order valence-corrected chi connectivity index (χ4v) is 4.48. The molecule has 6 nitrogen and oxygen atoms in total. The average Bonchev–Trinajstić information content (AvgIpc) is 3.24. The summed E-state index contributed by atoms with van der Waals surface area (Å²) in [6.07, 6.45) is 0. The topological polar surface area (TPSA) is 73.0 Å². The summed E-state index contributed by atoms with van der Waals surface area (Å²) in [7, 11) is 1.65. The minimum absolute atomic E-state index is 0.107. The predicted molar refractivity (Wildman–Crippen MR) is 147 cm³/mol. The van der Waals surface area contributed by atoms with Crippen LogP contribution in [-0.4, -0.2) is 55.0 Å². The number of methoxy groups -OCH3 is 1. The Balaban J connectivity index is 2.22. The molecule has 2 aromatic rings. The predicted octanol–water partition coefficient (Wildman–Crippen LogP) is 5.36. The zero-order chi connectivity index (χ0) is 26.6. The Morgan fingerprint density at radius 3 is 2.19 bits per heavy atom. The van der Waals surface area contributed by atoms with Gasteiger partial charge in [0.15, 0.2) is 0 Å². The van der Waals surface area contributed by atoms with E-state index >= 15 is 0 Å². The number of rotatable bonds is 8. The van der Waals surface area contributed by atoms with Crippen molar-refractivity contribution in [2.75, 3.05) is 26.9 Å². The molecule has 0 radical (unpaired) electrons. The van der Waals surface area contributed by atoms with Crippen LogP contribution in [0.4, 0.5) is 0 Å². The summed E-state index contributed by atoms with van der Waals surface area (Å²) in [5, 5.41) is 9.43. The molecule has 1 aromatic heterocycles. The van der Waals surface area contributed by atoms with Gasteiger partial charge in [0.2, 0.25) is 0 Å². The van der Waals surface area contributed by atoms with Crippen LogP contribution in [0.15, 0.2) is 46.1 Å². The molecule has 1 aliphatic heterocycles. The summed E-state index contributed by atoms with van der Waals surface area (Å²) in [5.41, 5.74) is 10.9. The molecule has 0 amide bonds. The number of hydrogen-bond donors (Lipinski definition) is 1. The third-order valence-electron chi connectivity index (χ3n) is 7.00. The zero-order valence-corrected chi connectivity index (χ0v) is 22.6. The molecule has 188 valence electrons. The van der Waals surface area contributed by atoms with Crippen LogP contribution in [0, 0.1) is 32.5 Å². The van der Waals surface area contributed by atoms with E-state index in [1.54, 1.807) is 19.2 Å². The third-order valence-corrected chi connectivity index (χ3v) is 7.00. The number of allylic oxidation sites excluding steroid dienone is 2. The van der Waals surface area contributed by atoms with Crippen molar-refractivity contribution in [1.29, 1.82) is 0 Å². The molecule has 0 unspecified atom stereocenters. The molecule has 0 aliphatic carbocycles. The highest BCUT2D eigenvalue weighted by molar-refractivity contribution is 6.65. The van der Waals surface area contributed by atoms with Crippen LogP contribution in [0.3, 0.4) is 0 Å². The van der Waals surface area contributed by atoms with E-state index in [4.69, 9.17) is 14.5 Å². The van der Waals surface area contributed by atoms with Crippen LogP contribution in [0.25, 0.3) is 5.57 Å². The number of carboxylic acids is 1. The minimum atomic E-state index is -0.944. The van der Waals surface area contributed by atoms with E-state index in [0.29, 0.717) is 19.8 Å². The first-order valence-electron chi connectivity index (χ1n) is 12.1. The zero-order valence-electron chi connectivity index (χ0n) is 22.6. The number of benzene rings is 1. The van der Waals surface area contributed by atoms with E-state index < -0.39 is 5.97 Å². The maximum Gasteiger partial charge on any atom is 0.343 e. The van der Waals surface area contributed by atoms with Crippen LogP contribution in [-0.2, 0) is 9.47 Å². The highest BCUT2D eigenvalue weighted by Crippen LogP contribution is 2.39. The number of ether oxygens (including phenoxy) is 2. The van der Waals surface area contributed by atoms with Gasteiger partial charge in [-0.1, -0.05) is 24.9 Å². The Hall–Kier alpha value is -3.34. The Morgan fingerprint density at radius 2 is 1.64 bits per heavy atom. The van der Waals surface area contributed by atoms with Crippen molar-refractivity contribution in [2.45, 2.75) is 48.4 Å². The SMILES string of the molecule is COCCOCC#CB(C)n1c(C)c(C)c(C)c1/C(=C1\N=C(C)C(C)=C1C)c1ccc(C(=O)O)cc1. The quantitative estimate of drug-likeness (QED) is 0.310. The van der Waals surface area contributed by atoms with Gasteiger partial charge in [0.05, 0.1) is 24.5 Å². The fraction of sp³-hybridized carbons (Fsp3) is 0.379. The van der Waals surface area contributed by atoms with E-state index in [-0.39, 0.29) is 12.4 Å². The van der Waals surface area contributed by atoms with Crippen molar-refractivity contribution in [2.24, 2.45) is 4.99 Å². The molecule has 0 fully saturated rings. The van der Waals surface area contributed by atoms with Crippen molar-refractivity contribution in [1.82, 2.24) is 4.48 Å². The molecule has 0 spiro atoms. The van der Waals surface area contributed by atoms with E-state index in [2.05, 4.69) is 57.7 Å². The van der Waals surface area contributed by atoms with Gasteiger partial charge in [-0.05, 0) is 81.5 Å². The number of aliphatic imine (C=N–C) groups is 1.